The van der Waals surface area contributed by atoms with E-state index < -0.39 is 76.0 Å². The van der Waals surface area contributed by atoms with E-state index in [0.717, 1.165) is 19.8 Å². The average molecular weight is 543 g/mol. The maximum Gasteiger partial charge on any atom is 0.302 e. The number of phenolic OH excluding ortho intramolecular Hbond substituents is 1. The van der Waals surface area contributed by atoms with Crippen molar-refractivity contribution in [3.05, 3.63) is 46.2 Å². The van der Waals surface area contributed by atoms with E-state index in [1.54, 1.807) is 12.1 Å². The Hall–Kier alpha value is -3.70. The lowest BCUT2D eigenvalue weighted by molar-refractivity contribution is -0.184. The summed E-state index contributed by atoms with van der Waals surface area (Å²) < 4.78 is 5.76. The number of fused-ring (bicyclic) bond motifs is 3. The molecule has 0 radical (unpaired) electrons. The second-order valence-electron chi connectivity index (χ2n) is 10.7. The topological polar surface area (TPSA) is 188 Å². The molecule has 0 saturated heterocycles. The first-order valence-electron chi connectivity index (χ1n) is 12.9. The number of amides is 1. The van der Waals surface area contributed by atoms with E-state index in [9.17, 15) is 39.6 Å². The Bertz CT molecular complexity index is 1310. The lowest BCUT2D eigenvalue weighted by atomic mass is 9.53. The van der Waals surface area contributed by atoms with Gasteiger partial charge in [-0.2, -0.15) is 0 Å². The number of unbranched alkanes of at least 4 members (excludes halogenated alkanes) is 2. The number of benzene rings is 1. The number of aromatic hydroxyl groups is 1. The third-order valence-electron chi connectivity index (χ3n) is 8.19. The largest absolute Gasteiger partial charge is 0.508 e. The Labute approximate surface area is 225 Å². The SMILES string of the molecule is CCCCC[C@H]1c2cccc(O)c2C(O)=C2C(=O)[C@]3(O)C(O)=C(C(N)=O)C(=O)C(N(C)C)[C@@H]3[C@@H](OC(C)=O)[C@@H]21. The molecule has 39 heavy (non-hydrogen) atoms. The second-order valence-corrected chi connectivity index (χ2v) is 10.7. The smallest absolute Gasteiger partial charge is 0.302 e. The van der Waals surface area contributed by atoms with Crippen LogP contribution in [0.1, 0.15) is 56.6 Å². The third-order valence-corrected chi connectivity index (χ3v) is 8.19. The zero-order chi connectivity index (χ0) is 29.0. The molecule has 4 rings (SSSR count). The highest BCUT2D eigenvalue weighted by atomic mass is 16.5. The molecule has 3 aliphatic rings. The van der Waals surface area contributed by atoms with Crippen LogP contribution in [0.3, 0.4) is 0 Å². The summed E-state index contributed by atoms with van der Waals surface area (Å²) in [7, 11) is 2.96. The predicted molar refractivity (Wildman–Crippen MR) is 138 cm³/mol. The van der Waals surface area contributed by atoms with Gasteiger partial charge in [0.1, 0.15) is 28.9 Å². The number of ketones is 2. The highest BCUT2D eigenvalue weighted by Gasteiger charge is 2.69. The van der Waals surface area contributed by atoms with Crippen molar-refractivity contribution in [1.29, 1.82) is 0 Å². The van der Waals surface area contributed by atoms with Crippen LogP contribution < -0.4 is 5.73 Å². The molecule has 1 amide bonds. The van der Waals surface area contributed by atoms with Gasteiger partial charge in [-0.25, -0.2) is 0 Å². The molecule has 0 aromatic heterocycles. The Kier molecular flexibility index (Phi) is 7.35. The van der Waals surface area contributed by atoms with Gasteiger partial charge >= 0.3 is 5.97 Å². The Morgan fingerprint density at radius 1 is 1.13 bits per heavy atom. The lowest BCUT2D eigenvalue weighted by Gasteiger charge is -2.54. The summed E-state index contributed by atoms with van der Waals surface area (Å²) in [6.07, 6.45) is 1.50. The molecule has 210 valence electrons. The van der Waals surface area contributed by atoms with Crippen LogP contribution in [-0.4, -0.2) is 80.6 Å². The fraction of sp³-hybridized carbons (Fsp3) is 0.500. The maximum absolute atomic E-state index is 14.2. The van der Waals surface area contributed by atoms with E-state index in [0.29, 0.717) is 18.4 Å². The highest BCUT2D eigenvalue weighted by Crippen LogP contribution is 2.58. The van der Waals surface area contributed by atoms with Crippen LogP contribution >= 0.6 is 0 Å². The number of ether oxygens (including phenoxy) is 1. The van der Waals surface area contributed by atoms with Crippen LogP contribution in [0.15, 0.2) is 35.1 Å². The summed E-state index contributed by atoms with van der Waals surface area (Å²) in [5, 5.41) is 45.2. The molecule has 1 aromatic rings. The minimum Gasteiger partial charge on any atom is -0.508 e. The van der Waals surface area contributed by atoms with Crippen molar-refractivity contribution in [3.8, 4) is 5.75 Å². The first kappa shape index (κ1) is 28.3. The molecule has 1 fully saturated rings. The lowest BCUT2D eigenvalue weighted by Crippen LogP contribution is -2.71. The van der Waals surface area contributed by atoms with E-state index in [4.69, 9.17) is 10.5 Å². The number of nitrogens with two attached hydrogens (primary N) is 1. The average Bonchev–Trinajstić information content (AvgIpc) is 2.84. The van der Waals surface area contributed by atoms with Gasteiger partial charge in [0, 0.05) is 18.4 Å². The van der Waals surface area contributed by atoms with E-state index in [-0.39, 0.29) is 16.9 Å². The van der Waals surface area contributed by atoms with Crippen molar-refractivity contribution < 1.29 is 44.3 Å². The molecule has 6 atom stereocenters. The minimum atomic E-state index is -2.94. The fourth-order valence-electron chi connectivity index (χ4n) is 6.65. The van der Waals surface area contributed by atoms with Crippen molar-refractivity contribution >= 4 is 29.2 Å². The Morgan fingerprint density at radius 2 is 1.79 bits per heavy atom. The van der Waals surface area contributed by atoms with Gasteiger partial charge in [0.15, 0.2) is 11.4 Å². The summed E-state index contributed by atoms with van der Waals surface area (Å²) in [4.78, 5) is 53.8. The van der Waals surface area contributed by atoms with Gasteiger partial charge in [-0.3, -0.25) is 24.1 Å². The molecule has 3 aliphatic carbocycles. The second kappa shape index (κ2) is 10.1. The van der Waals surface area contributed by atoms with Gasteiger partial charge in [0.2, 0.25) is 5.78 Å². The standard InChI is InChI=1S/C28H34N2O9/c1-5-6-7-9-14-13-10-8-11-15(32)16(13)22(33)18-17(14)24(39-12(2)31)20-21(30(3)4)23(34)19(27(29)37)26(36)28(20,38)25(18)35/h8,10-11,14,17,20-21,24,32-33,36,38H,5-7,9H2,1-4H3,(H2,29,37)/t14-,17+,20+,21?,24-,28-/m0/s1. The van der Waals surface area contributed by atoms with Gasteiger partial charge in [-0.15, -0.1) is 0 Å². The molecule has 6 N–H and O–H groups in total. The number of nitrogens with zero attached hydrogens (tertiary/aromatic N) is 1. The number of aliphatic hydroxyl groups excluding tert-OH is 2. The number of hydrogen-bond donors (Lipinski definition) is 5. The summed E-state index contributed by atoms with van der Waals surface area (Å²) in [6.45, 7) is 3.15. The summed E-state index contributed by atoms with van der Waals surface area (Å²) in [5.74, 6) is -9.56. The van der Waals surface area contributed by atoms with Crippen LogP contribution in [0, 0.1) is 11.8 Å². The van der Waals surface area contributed by atoms with E-state index in [1.807, 2.05) is 6.92 Å². The van der Waals surface area contributed by atoms with Crippen molar-refractivity contribution in [2.75, 3.05) is 14.1 Å². The zero-order valence-electron chi connectivity index (χ0n) is 22.3. The van der Waals surface area contributed by atoms with Crippen LogP contribution in [0.25, 0.3) is 5.76 Å². The zero-order valence-corrected chi connectivity index (χ0v) is 22.3. The van der Waals surface area contributed by atoms with Gasteiger partial charge in [-0.1, -0.05) is 38.3 Å². The molecule has 1 unspecified atom stereocenters. The van der Waals surface area contributed by atoms with Crippen LogP contribution in [0.5, 0.6) is 5.75 Å². The predicted octanol–water partition coefficient (Wildman–Crippen LogP) is 1.63. The summed E-state index contributed by atoms with van der Waals surface area (Å²) in [5.41, 5.74) is 1.66. The first-order chi connectivity index (χ1) is 18.3. The quantitative estimate of drug-likeness (QED) is 0.192. The van der Waals surface area contributed by atoms with Gasteiger partial charge < -0.3 is 30.9 Å². The number of likely N-dealkylation sites (N-methyl/N-ethyl adjacent to an activating group) is 1. The van der Waals surface area contributed by atoms with Crippen LogP contribution in [-0.2, 0) is 23.9 Å². The highest BCUT2D eigenvalue weighted by molar-refractivity contribution is 6.24. The van der Waals surface area contributed by atoms with Crippen molar-refractivity contribution in [2.45, 2.75) is 63.2 Å². The molecular formula is C28H34N2O9. The minimum absolute atomic E-state index is 0.00290. The van der Waals surface area contributed by atoms with Gasteiger partial charge in [0.25, 0.3) is 5.91 Å². The van der Waals surface area contributed by atoms with Gasteiger partial charge in [0.05, 0.1) is 17.5 Å². The summed E-state index contributed by atoms with van der Waals surface area (Å²) >= 11 is 0. The number of aliphatic hydroxyl groups is 3. The number of rotatable bonds is 7. The van der Waals surface area contributed by atoms with Crippen molar-refractivity contribution in [2.24, 2.45) is 17.6 Å². The molecule has 11 heteroatoms. The Morgan fingerprint density at radius 3 is 2.36 bits per heavy atom. The number of phenols is 1. The normalized spacial score (nSPS) is 30.2. The number of carbonyl (C=O) groups is 4. The number of esters is 1. The molecule has 0 spiro atoms. The maximum atomic E-state index is 14.2. The third kappa shape index (κ3) is 4.11. The number of carbonyl (C=O) groups excluding carboxylic acids is 4. The summed E-state index contributed by atoms with van der Waals surface area (Å²) in [6, 6.07) is 3.25. The number of primary amides is 1. The molecule has 1 aromatic carbocycles. The molecule has 11 nitrogen and oxygen atoms in total. The number of hydrogen-bond acceptors (Lipinski definition) is 10. The number of Topliss-reactive ketones (excluding diaryl/α,β-unsaturated/α-hetero) is 2. The van der Waals surface area contributed by atoms with E-state index in [1.165, 1.54) is 25.1 Å². The van der Waals surface area contributed by atoms with E-state index >= 15 is 0 Å². The molecule has 0 heterocycles. The monoisotopic (exact) mass is 542 g/mol. The molecule has 1 saturated carbocycles. The van der Waals surface area contributed by atoms with Gasteiger partial charge in [-0.05, 0) is 38.1 Å². The molecule has 0 bridgehead atoms. The Balaban J connectivity index is 2.10. The first-order valence-corrected chi connectivity index (χ1v) is 12.9. The fourth-order valence-corrected chi connectivity index (χ4v) is 6.65. The van der Waals surface area contributed by atoms with Crippen LogP contribution in [0.4, 0.5) is 0 Å². The van der Waals surface area contributed by atoms with E-state index in [2.05, 4.69) is 0 Å². The molecular weight excluding hydrogens is 508 g/mol. The van der Waals surface area contributed by atoms with Crippen LogP contribution in [0.2, 0.25) is 0 Å². The molecule has 0 aliphatic heterocycles. The van der Waals surface area contributed by atoms with Crippen molar-refractivity contribution in [3.63, 3.8) is 0 Å². The van der Waals surface area contributed by atoms with Crippen molar-refractivity contribution in [1.82, 2.24) is 4.90 Å².